The van der Waals surface area contributed by atoms with E-state index in [4.69, 9.17) is 0 Å². The van der Waals surface area contributed by atoms with Crippen LogP contribution in [0.4, 0.5) is 5.69 Å². The maximum absolute atomic E-state index is 12.5. The van der Waals surface area contributed by atoms with Crippen LogP contribution in [-0.4, -0.2) is 26.6 Å². The van der Waals surface area contributed by atoms with E-state index in [0.717, 1.165) is 17.3 Å². The number of hydrogen-bond acceptors (Lipinski definition) is 6. The van der Waals surface area contributed by atoms with Gasteiger partial charge in [-0.25, -0.2) is 4.98 Å². The predicted octanol–water partition coefficient (Wildman–Crippen LogP) is 2.77. The van der Waals surface area contributed by atoms with Crippen LogP contribution >= 0.6 is 0 Å². The number of anilines is 1. The van der Waals surface area contributed by atoms with E-state index in [1.54, 1.807) is 43.3 Å². The molecule has 3 aromatic rings. The SMILES string of the molecule is Cc1cccc(NC(=O)C(=O)[C@H](c2cnc3ccccc3n2)[N+](=O)[O-])c1C. The van der Waals surface area contributed by atoms with Crippen LogP contribution in [0, 0.1) is 24.0 Å². The monoisotopic (exact) mass is 364 g/mol. The molecule has 27 heavy (non-hydrogen) atoms. The Balaban J connectivity index is 1.91. The molecule has 2 aromatic carbocycles. The summed E-state index contributed by atoms with van der Waals surface area (Å²) in [6, 6.07) is 10.1. The van der Waals surface area contributed by atoms with Crippen molar-refractivity contribution in [3.05, 3.63) is 75.6 Å². The van der Waals surface area contributed by atoms with E-state index < -0.39 is 22.7 Å². The van der Waals surface area contributed by atoms with Gasteiger partial charge in [-0.2, -0.15) is 0 Å². The Labute approximate surface area is 154 Å². The van der Waals surface area contributed by atoms with E-state index >= 15 is 0 Å². The van der Waals surface area contributed by atoms with E-state index in [0.29, 0.717) is 16.7 Å². The van der Waals surface area contributed by atoms with Crippen molar-refractivity contribution in [1.29, 1.82) is 0 Å². The lowest BCUT2D eigenvalue weighted by molar-refractivity contribution is -0.513. The quantitative estimate of drug-likeness (QED) is 0.423. The second-order valence-electron chi connectivity index (χ2n) is 6.04. The molecule has 1 aromatic heterocycles. The van der Waals surface area contributed by atoms with Crippen molar-refractivity contribution in [2.45, 2.75) is 19.9 Å². The van der Waals surface area contributed by atoms with E-state index in [2.05, 4.69) is 15.3 Å². The van der Waals surface area contributed by atoms with Gasteiger partial charge in [0.15, 0.2) is 0 Å². The van der Waals surface area contributed by atoms with Crippen LogP contribution < -0.4 is 5.32 Å². The molecule has 0 bridgehead atoms. The summed E-state index contributed by atoms with van der Waals surface area (Å²) in [7, 11) is 0. The summed E-state index contributed by atoms with van der Waals surface area (Å²) in [5.41, 5.74) is 2.90. The Kier molecular flexibility index (Phi) is 4.89. The molecule has 0 aliphatic rings. The molecule has 1 amide bonds. The van der Waals surface area contributed by atoms with Gasteiger partial charge in [-0.3, -0.25) is 24.7 Å². The van der Waals surface area contributed by atoms with Crippen molar-refractivity contribution < 1.29 is 14.5 Å². The summed E-state index contributed by atoms with van der Waals surface area (Å²) >= 11 is 0. The largest absolute Gasteiger partial charge is 0.322 e. The number of nitro groups is 1. The number of nitrogens with one attached hydrogen (secondary N) is 1. The number of carbonyl (C=O) groups excluding carboxylic acids is 2. The molecule has 0 fully saturated rings. The molecular weight excluding hydrogens is 348 g/mol. The highest BCUT2D eigenvalue weighted by atomic mass is 16.6. The third-order valence-corrected chi connectivity index (χ3v) is 4.28. The second kappa shape index (κ2) is 7.28. The number of aryl methyl sites for hydroxylation is 1. The van der Waals surface area contributed by atoms with Crippen molar-refractivity contribution >= 4 is 28.4 Å². The first-order valence-corrected chi connectivity index (χ1v) is 8.15. The molecular formula is C19H16N4O4. The molecule has 1 atom stereocenters. The number of benzene rings is 2. The first kappa shape index (κ1) is 18.1. The zero-order chi connectivity index (χ0) is 19.6. The van der Waals surface area contributed by atoms with Crippen molar-refractivity contribution in [1.82, 2.24) is 9.97 Å². The molecule has 136 valence electrons. The van der Waals surface area contributed by atoms with Gasteiger partial charge in [0.1, 0.15) is 5.69 Å². The zero-order valence-corrected chi connectivity index (χ0v) is 14.7. The topological polar surface area (TPSA) is 115 Å². The second-order valence-corrected chi connectivity index (χ2v) is 6.04. The molecule has 3 rings (SSSR count). The summed E-state index contributed by atoms with van der Waals surface area (Å²) in [5, 5.41) is 13.9. The van der Waals surface area contributed by atoms with Crippen molar-refractivity contribution in [2.24, 2.45) is 0 Å². The zero-order valence-electron chi connectivity index (χ0n) is 14.7. The van der Waals surface area contributed by atoms with Crippen LogP contribution in [0.3, 0.4) is 0 Å². The normalized spacial score (nSPS) is 11.8. The van der Waals surface area contributed by atoms with Crippen LogP contribution in [-0.2, 0) is 9.59 Å². The maximum Gasteiger partial charge on any atom is 0.322 e. The summed E-state index contributed by atoms with van der Waals surface area (Å²) in [6.45, 7) is 3.65. The number of ketones is 1. The summed E-state index contributed by atoms with van der Waals surface area (Å²) < 4.78 is 0. The molecule has 0 aliphatic carbocycles. The Bertz CT molecular complexity index is 1060. The highest BCUT2D eigenvalue weighted by molar-refractivity contribution is 6.42. The first-order valence-electron chi connectivity index (χ1n) is 8.15. The number of carbonyl (C=O) groups is 2. The Morgan fingerprint density at radius 2 is 1.78 bits per heavy atom. The number of Topliss-reactive ketones (excluding diaryl/α,β-unsaturated/α-hetero) is 1. The van der Waals surface area contributed by atoms with E-state index in [-0.39, 0.29) is 5.69 Å². The minimum atomic E-state index is -1.92. The van der Waals surface area contributed by atoms with Gasteiger partial charge in [-0.05, 0) is 43.2 Å². The average Bonchev–Trinajstić information content (AvgIpc) is 2.65. The fourth-order valence-corrected chi connectivity index (χ4v) is 2.64. The third-order valence-electron chi connectivity index (χ3n) is 4.28. The summed E-state index contributed by atoms with van der Waals surface area (Å²) in [4.78, 5) is 43.7. The lowest BCUT2D eigenvalue weighted by atomic mass is 10.1. The number of nitrogens with zero attached hydrogens (tertiary/aromatic N) is 3. The standard InChI is InChI=1S/C19H16N4O4/c1-11-6-5-9-13(12(11)2)22-19(25)18(24)17(23(26)27)16-10-20-14-7-3-4-8-15(14)21-16/h3-10,17H,1-2H3,(H,22,25)/t17-/m0/s1. The van der Waals surface area contributed by atoms with Gasteiger partial charge in [0.25, 0.3) is 11.7 Å². The third kappa shape index (κ3) is 3.64. The Morgan fingerprint density at radius 3 is 2.48 bits per heavy atom. The maximum atomic E-state index is 12.5. The van der Waals surface area contributed by atoms with E-state index in [1.807, 2.05) is 13.0 Å². The number of para-hydroxylation sites is 2. The predicted molar refractivity (Wildman–Crippen MR) is 98.8 cm³/mol. The average molecular weight is 364 g/mol. The van der Waals surface area contributed by atoms with Gasteiger partial charge in [-0.15, -0.1) is 0 Å². The van der Waals surface area contributed by atoms with Crippen LogP contribution in [0.25, 0.3) is 11.0 Å². The molecule has 0 radical (unpaired) electrons. The molecule has 0 unspecified atom stereocenters. The number of hydrogen-bond donors (Lipinski definition) is 1. The molecule has 1 N–H and O–H groups in total. The molecule has 0 aliphatic heterocycles. The fourth-order valence-electron chi connectivity index (χ4n) is 2.64. The van der Waals surface area contributed by atoms with Crippen LogP contribution in [0.2, 0.25) is 0 Å². The Morgan fingerprint density at radius 1 is 1.07 bits per heavy atom. The van der Waals surface area contributed by atoms with Crippen LogP contribution in [0.5, 0.6) is 0 Å². The van der Waals surface area contributed by atoms with Gasteiger partial charge in [0.05, 0.1) is 17.2 Å². The van der Waals surface area contributed by atoms with Crippen LogP contribution in [0.1, 0.15) is 22.9 Å². The minimum absolute atomic E-state index is 0.181. The molecule has 8 nitrogen and oxygen atoms in total. The number of rotatable bonds is 5. The van der Waals surface area contributed by atoms with Crippen LogP contribution in [0.15, 0.2) is 48.7 Å². The molecule has 1 heterocycles. The van der Waals surface area contributed by atoms with Crippen molar-refractivity contribution in [3.8, 4) is 0 Å². The van der Waals surface area contributed by atoms with Gasteiger partial charge in [0.2, 0.25) is 0 Å². The van der Waals surface area contributed by atoms with E-state index in [9.17, 15) is 19.7 Å². The van der Waals surface area contributed by atoms with E-state index in [1.165, 1.54) is 0 Å². The highest BCUT2D eigenvalue weighted by Gasteiger charge is 2.38. The van der Waals surface area contributed by atoms with Gasteiger partial charge < -0.3 is 5.32 Å². The number of aromatic nitrogens is 2. The van der Waals surface area contributed by atoms with Gasteiger partial charge in [0, 0.05) is 10.6 Å². The number of fused-ring (bicyclic) bond motifs is 1. The molecule has 0 spiro atoms. The smallest absolute Gasteiger partial charge is 0.319 e. The Hall–Kier alpha value is -3.68. The minimum Gasteiger partial charge on any atom is -0.319 e. The lowest BCUT2D eigenvalue weighted by Gasteiger charge is -2.11. The van der Waals surface area contributed by atoms with Crippen molar-refractivity contribution in [2.75, 3.05) is 5.32 Å². The summed E-state index contributed by atoms with van der Waals surface area (Å²) in [6.07, 6.45) is 1.15. The van der Waals surface area contributed by atoms with Gasteiger partial charge in [-0.1, -0.05) is 24.3 Å². The molecule has 8 heteroatoms. The lowest BCUT2D eigenvalue weighted by Crippen LogP contribution is -2.33. The highest BCUT2D eigenvalue weighted by Crippen LogP contribution is 2.21. The van der Waals surface area contributed by atoms with Gasteiger partial charge >= 0.3 is 6.04 Å². The fraction of sp³-hybridized carbons (Fsp3) is 0.158. The number of amides is 1. The summed E-state index contributed by atoms with van der Waals surface area (Å²) in [5.74, 6) is -2.27. The molecule has 0 saturated heterocycles. The first-order chi connectivity index (χ1) is 12.9. The molecule has 0 saturated carbocycles. The van der Waals surface area contributed by atoms with Crippen molar-refractivity contribution in [3.63, 3.8) is 0 Å².